The van der Waals surface area contributed by atoms with Crippen molar-refractivity contribution in [3.8, 4) is 0 Å². The molecule has 0 aromatic carbocycles. The lowest BCUT2D eigenvalue weighted by atomic mass is 9.93. The van der Waals surface area contributed by atoms with E-state index in [0.717, 1.165) is 19.4 Å². The molecule has 7 heteroatoms. The average Bonchev–Trinajstić information content (AvgIpc) is 2.92. The van der Waals surface area contributed by atoms with E-state index in [2.05, 4.69) is 24.3 Å². The van der Waals surface area contributed by atoms with Gasteiger partial charge in [-0.1, -0.05) is 19.0 Å². The quantitative estimate of drug-likeness (QED) is 0.862. The number of nitrogens with zero attached hydrogens (tertiary/aromatic N) is 2. The molecule has 1 atom stereocenters. The van der Waals surface area contributed by atoms with Crippen molar-refractivity contribution in [2.75, 3.05) is 23.4 Å². The summed E-state index contributed by atoms with van der Waals surface area (Å²) in [5.74, 6) is 2.08. The third kappa shape index (κ3) is 5.27. The van der Waals surface area contributed by atoms with Crippen molar-refractivity contribution >= 4 is 29.4 Å². The highest BCUT2D eigenvalue weighted by atomic mass is 32.2. The fraction of sp³-hybridized carbons (Fsp3) is 0.688. The molecule has 0 radical (unpaired) electrons. The smallest absolute Gasteiger partial charge is 0.235 e. The topological polar surface area (TPSA) is 75.4 Å². The molecule has 23 heavy (non-hydrogen) atoms. The number of nitrogens with one attached hydrogen (secondary N) is 1. The molecule has 1 aliphatic rings. The van der Waals surface area contributed by atoms with E-state index in [1.807, 2.05) is 4.90 Å². The van der Waals surface area contributed by atoms with Gasteiger partial charge < -0.3 is 14.7 Å². The molecule has 1 N–H and O–H groups in total. The molecule has 2 amide bonds. The maximum atomic E-state index is 12.4. The van der Waals surface area contributed by atoms with E-state index < -0.39 is 0 Å². The predicted molar refractivity (Wildman–Crippen MR) is 91.4 cm³/mol. The van der Waals surface area contributed by atoms with Crippen molar-refractivity contribution in [3.05, 3.63) is 11.8 Å². The summed E-state index contributed by atoms with van der Waals surface area (Å²) in [5, 5.41) is 6.36. The van der Waals surface area contributed by atoms with E-state index in [1.165, 1.54) is 18.2 Å². The van der Waals surface area contributed by atoms with Crippen LogP contribution < -0.4 is 5.32 Å². The number of hydrogen-bond acceptors (Lipinski definition) is 5. The highest BCUT2D eigenvalue weighted by Gasteiger charge is 2.28. The number of aryl methyl sites for hydroxylation is 1. The molecule has 0 spiro atoms. The summed E-state index contributed by atoms with van der Waals surface area (Å²) < 4.78 is 4.89. The maximum absolute atomic E-state index is 12.4. The van der Waals surface area contributed by atoms with E-state index in [4.69, 9.17) is 4.52 Å². The number of rotatable bonds is 6. The van der Waals surface area contributed by atoms with Crippen molar-refractivity contribution in [1.29, 1.82) is 0 Å². The van der Waals surface area contributed by atoms with Gasteiger partial charge in [0.1, 0.15) is 5.76 Å². The summed E-state index contributed by atoms with van der Waals surface area (Å²) in [4.78, 5) is 26.2. The van der Waals surface area contributed by atoms with Gasteiger partial charge in [-0.15, -0.1) is 11.8 Å². The molecule has 1 aromatic rings. The van der Waals surface area contributed by atoms with Gasteiger partial charge in [0.05, 0.1) is 11.5 Å². The molecular weight excluding hydrogens is 314 g/mol. The first kappa shape index (κ1) is 17.8. The number of thioether (sulfide) groups is 1. The Morgan fingerprint density at radius 3 is 2.87 bits per heavy atom. The van der Waals surface area contributed by atoms with Gasteiger partial charge in [0.25, 0.3) is 0 Å². The van der Waals surface area contributed by atoms with Gasteiger partial charge in [0, 0.05) is 18.7 Å². The van der Waals surface area contributed by atoms with Crippen LogP contribution in [0.2, 0.25) is 0 Å². The van der Waals surface area contributed by atoms with Crippen molar-refractivity contribution in [2.45, 2.75) is 46.1 Å². The SMILES string of the molecule is Cc1cc(NC(=O)CSCC(=O)N2CCCC[C@H]2C(C)C)no1. The van der Waals surface area contributed by atoms with E-state index in [9.17, 15) is 9.59 Å². The zero-order valence-corrected chi connectivity index (χ0v) is 14.8. The van der Waals surface area contributed by atoms with E-state index in [-0.39, 0.29) is 17.6 Å². The van der Waals surface area contributed by atoms with Gasteiger partial charge in [-0.2, -0.15) is 0 Å². The molecule has 1 aromatic heterocycles. The van der Waals surface area contributed by atoms with Crippen LogP contribution in [0.15, 0.2) is 10.6 Å². The zero-order chi connectivity index (χ0) is 16.8. The van der Waals surface area contributed by atoms with Crippen molar-refractivity contribution in [2.24, 2.45) is 5.92 Å². The van der Waals surface area contributed by atoms with Crippen molar-refractivity contribution < 1.29 is 14.1 Å². The number of piperidine rings is 1. The van der Waals surface area contributed by atoms with Crippen LogP contribution in [0.1, 0.15) is 38.9 Å². The van der Waals surface area contributed by atoms with E-state index >= 15 is 0 Å². The molecule has 128 valence electrons. The number of carbonyl (C=O) groups is 2. The minimum absolute atomic E-state index is 0.137. The highest BCUT2D eigenvalue weighted by molar-refractivity contribution is 8.00. The predicted octanol–water partition coefficient (Wildman–Crippen LogP) is 2.69. The van der Waals surface area contributed by atoms with Crippen LogP contribution in [-0.4, -0.2) is 46.0 Å². The first-order valence-corrected chi connectivity index (χ1v) is 9.23. The zero-order valence-electron chi connectivity index (χ0n) is 14.0. The molecule has 0 aliphatic carbocycles. The first-order valence-electron chi connectivity index (χ1n) is 8.07. The van der Waals surface area contributed by atoms with Crippen LogP contribution in [-0.2, 0) is 9.59 Å². The number of hydrogen-bond donors (Lipinski definition) is 1. The highest BCUT2D eigenvalue weighted by Crippen LogP contribution is 2.24. The van der Waals surface area contributed by atoms with Crippen LogP contribution >= 0.6 is 11.8 Å². The van der Waals surface area contributed by atoms with Gasteiger partial charge >= 0.3 is 0 Å². The molecule has 0 saturated carbocycles. The molecule has 6 nitrogen and oxygen atoms in total. The fourth-order valence-electron chi connectivity index (χ4n) is 2.88. The fourth-order valence-corrected chi connectivity index (χ4v) is 3.58. The van der Waals surface area contributed by atoms with E-state index in [0.29, 0.717) is 29.3 Å². The van der Waals surface area contributed by atoms with Crippen LogP contribution in [0.3, 0.4) is 0 Å². The van der Waals surface area contributed by atoms with Gasteiger partial charge in [-0.25, -0.2) is 0 Å². The Balaban J connectivity index is 1.74. The van der Waals surface area contributed by atoms with Crippen LogP contribution in [0.4, 0.5) is 5.82 Å². The number of amides is 2. The monoisotopic (exact) mass is 339 g/mol. The summed E-state index contributed by atoms with van der Waals surface area (Å²) in [6.07, 6.45) is 3.35. The van der Waals surface area contributed by atoms with Crippen molar-refractivity contribution in [1.82, 2.24) is 10.1 Å². The van der Waals surface area contributed by atoms with Crippen molar-refractivity contribution in [3.63, 3.8) is 0 Å². The number of likely N-dealkylation sites (tertiary alicyclic amines) is 1. The Morgan fingerprint density at radius 1 is 1.43 bits per heavy atom. The number of aromatic nitrogens is 1. The average molecular weight is 339 g/mol. The second-order valence-corrected chi connectivity index (χ2v) is 7.24. The minimum Gasteiger partial charge on any atom is -0.360 e. The Labute approximate surface area is 141 Å². The van der Waals surface area contributed by atoms with Crippen LogP contribution in [0, 0.1) is 12.8 Å². The molecule has 1 aliphatic heterocycles. The second kappa shape index (κ2) is 8.38. The van der Waals surface area contributed by atoms with Crippen LogP contribution in [0.5, 0.6) is 0 Å². The van der Waals surface area contributed by atoms with Crippen LogP contribution in [0.25, 0.3) is 0 Å². The molecular formula is C16H25N3O3S. The largest absolute Gasteiger partial charge is 0.360 e. The second-order valence-electron chi connectivity index (χ2n) is 6.26. The van der Waals surface area contributed by atoms with Gasteiger partial charge in [-0.3, -0.25) is 9.59 Å². The Kier molecular flexibility index (Phi) is 6.50. The van der Waals surface area contributed by atoms with E-state index in [1.54, 1.807) is 13.0 Å². The maximum Gasteiger partial charge on any atom is 0.235 e. The number of anilines is 1. The summed E-state index contributed by atoms with van der Waals surface area (Å²) in [6, 6.07) is 2.00. The third-order valence-electron chi connectivity index (χ3n) is 3.99. The number of carbonyl (C=O) groups excluding carboxylic acids is 2. The lowest BCUT2D eigenvalue weighted by molar-refractivity contribution is -0.133. The summed E-state index contributed by atoms with van der Waals surface area (Å²) >= 11 is 1.34. The Hall–Kier alpha value is -1.50. The lowest BCUT2D eigenvalue weighted by Crippen LogP contribution is -2.47. The molecule has 2 heterocycles. The molecule has 1 saturated heterocycles. The summed E-state index contributed by atoms with van der Waals surface area (Å²) in [6.45, 7) is 6.93. The Morgan fingerprint density at radius 2 is 2.22 bits per heavy atom. The molecule has 0 unspecified atom stereocenters. The molecule has 1 fully saturated rings. The van der Waals surface area contributed by atoms with Gasteiger partial charge in [0.2, 0.25) is 11.8 Å². The Bertz CT molecular complexity index is 544. The van der Waals surface area contributed by atoms with Gasteiger partial charge in [0.15, 0.2) is 5.82 Å². The third-order valence-corrected chi connectivity index (χ3v) is 4.91. The molecule has 2 rings (SSSR count). The van der Waals surface area contributed by atoms with Gasteiger partial charge in [-0.05, 0) is 32.1 Å². The first-order chi connectivity index (χ1) is 11.0. The summed E-state index contributed by atoms with van der Waals surface area (Å²) in [7, 11) is 0. The molecule has 0 bridgehead atoms. The lowest BCUT2D eigenvalue weighted by Gasteiger charge is -2.38. The minimum atomic E-state index is -0.171. The normalized spacial score (nSPS) is 18.3. The standard InChI is InChI=1S/C16H25N3O3S/c1-11(2)13-6-4-5-7-19(13)16(21)10-23-9-15(20)17-14-8-12(3)22-18-14/h8,11,13H,4-7,9-10H2,1-3H3,(H,17,18,20)/t13-/m0/s1. The summed E-state index contributed by atoms with van der Waals surface area (Å²) in [5.41, 5.74) is 0.